The van der Waals surface area contributed by atoms with Crippen molar-refractivity contribution in [1.29, 1.82) is 0 Å². The number of aromatic nitrogens is 5. The van der Waals surface area contributed by atoms with Crippen molar-refractivity contribution in [3.8, 4) is 23.1 Å². The Balaban J connectivity index is 0.870. The summed E-state index contributed by atoms with van der Waals surface area (Å²) in [6.07, 6.45) is -6.07. The molecule has 0 spiro atoms. The van der Waals surface area contributed by atoms with Crippen LogP contribution in [-0.2, 0) is 42.2 Å². The Morgan fingerprint density at radius 1 is 0.807 bits per heavy atom. The largest absolute Gasteiger partial charge is 0.453 e. The average Bonchev–Trinajstić information content (AvgIpc) is 3.65. The maximum absolute atomic E-state index is 15.4. The minimum atomic E-state index is -5.19. The van der Waals surface area contributed by atoms with Crippen molar-refractivity contribution in [3.05, 3.63) is 88.9 Å². The first-order valence-corrected chi connectivity index (χ1v) is 27.0. The van der Waals surface area contributed by atoms with Crippen LogP contribution in [0.2, 0.25) is 0 Å². The fourth-order valence-electron chi connectivity index (χ4n) is 11.2. The summed E-state index contributed by atoms with van der Waals surface area (Å²) in [4.78, 5) is 66.5. The van der Waals surface area contributed by atoms with E-state index >= 15 is 8.78 Å². The summed E-state index contributed by atoms with van der Waals surface area (Å²) < 4.78 is 134. The number of rotatable bonds is 20. The number of carbonyl (C=O) groups excluding carboxylic acids is 4. The number of anilines is 1. The van der Waals surface area contributed by atoms with Crippen LogP contribution >= 0.6 is 0 Å². The van der Waals surface area contributed by atoms with Gasteiger partial charge in [-0.25, -0.2) is 38.4 Å². The van der Waals surface area contributed by atoms with Crippen molar-refractivity contribution in [3.63, 3.8) is 0 Å². The minimum Gasteiger partial charge on any atom is -0.453 e. The van der Waals surface area contributed by atoms with Gasteiger partial charge in [-0.3, -0.25) is 19.9 Å². The molecule has 3 saturated heterocycles. The predicted molar refractivity (Wildman–Crippen MR) is 279 cm³/mol. The van der Waals surface area contributed by atoms with Gasteiger partial charge in [-0.05, 0) is 102 Å². The second-order valence-electron chi connectivity index (χ2n) is 23.0. The van der Waals surface area contributed by atoms with Gasteiger partial charge in [-0.15, -0.1) is 5.10 Å². The number of amides is 4. The Bertz CT molecular complexity index is 3040. The molecule has 10 rings (SSSR count). The van der Waals surface area contributed by atoms with Crippen molar-refractivity contribution < 1.29 is 73.6 Å². The van der Waals surface area contributed by atoms with E-state index in [1.807, 2.05) is 16.1 Å². The van der Waals surface area contributed by atoms with Crippen LogP contribution < -0.4 is 31.7 Å². The van der Waals surface area contributed by atoms with Crippen LogP contribution in [0.4, 0.5) is 50.7 Å². The molecule has 6 atom stereocenters. The molecule has 2 aromatic heterocycles. The number of hydrazine groups is 1. The van der Waals surface area contributed by atoms with Gasteiger partial charge in [0.25, 0.3) is 5.91 Å². The molecule has 83 heavy (non-hydrogen) atoms. The first-order valence-electron chi connectivity index (χ1n) is 27.0. The number of carbonyl (C=O) groups is 4. The highest BCUT2D eigenvalue weighted by Crippen LogP contribution is 2.62. The summed E-state index contributed by atoms with van der Waals surface area (Å²) >= 11 is 0. The third kappa shape index (κ3) is 13.0. The van der Waals surface area contributed by atoms with E-state index < -0.39 is 108 Å². The van der Waals surface area contributed by atoms with E-state index in [9.17, 15) is 50.6 Å². The van der Waals surface area contributed by atoms with Gasteiger partial charge in [0.1, 0.15) is 29.4 Å². The number of alkyl halides is 6. The number of aliphatic hydroxyl groups excluding tert-OH is 1. The van der Waals surface area contributed by atoms with Gasteiger partial charge in [-0.1, -0.05) is 29.2 Å². The first kappa shape index (κ1) is 60.4. The Labute approximate surface area is 472 Å². The lowest BCUT2D eigenvalue weighted by molar-refractivity contribution is -0.221. The topological polar surface area (TPSA) is 239 Å². The standard InChI is InChI=1S/C55H64F8N12O8/c1-51(2,54(58,59)60)44(69-50(80)83-15-14-38-39(56)17-34(18-40(38)57)42-27-74(72-70-42)53-19-33(20-53)21-53)46(77)67-41(43(76)24-66-71-47(78)45(68-49(79)81-5)52(3,4)55(61,62)63)16-31-9-6-30(7-10-31)8-11-32-22-64-48(65-23-32)73-25-35-12-13-36(26-73)75(35)37-28-82-29-37/h6-7,9-10,17-18,22-23,27,33,35-37,41,43-45,66,76H,12-16,19-21,24-26,28-29H2,1-5H3,(H,67,77)(H,68,79)(H,69,80)(H,71,78)/t33?,35?,36?,41-,43-,44+,45+,53?/m0/s1. The molecule has 4 amide bonds. The summed E-state index contributed by atoms with van der Waals surface area (Å²) in [5, 5.41) is 25.9. The van der Waals surface area contributed by atoms with Gasteiger partial charge in [-0.2, -0.15) is 26.3 Å². The molecule has 3 aliphatic carbocycles. The highest BCUT2D eigenvalue weighted by atomic mass is 19.4. The Morgan fingerprint density at radius 2 is 1.39 bits per heavy atom. The zero-order valence-electron chi connectivity index (χ0n) is 46.0. The maximum Gasteiger partial charge on any atom is 0.407 e. The van der Waals surface area contributed by atoms with Crippen molar-refractivity contribution in [2.24, 2.45) is 16.7 Å². The van der Waals surface area contributed by atoms with E-state index in [0.717, 1.165) is 77.6 Å². The summed E-state index contributed by atoms with van der Waals surface area (Å²) in [5.74, 6) is 2.26. The van der Waals surface area contributed by atoms with Gasteiger partial charge in [0.05, 0.1) is 73.2 Å². The summed E-state index contributed by atoms with van der Waals surface area (Å²) in [7, 11) is 0.860. The number of hydrogen-bond acceptors (Lipinski definition) is 15. The Kier molecular flexibility index (Phi) is 17.3. The zero-order valence-corrected chi connectivity index (χ0v) is 46.0. The second kappa shape index (κ2) is 23.8. The van der Waals surface area contributed by atoms with Gasteiger partial charge >= 0.3 is 24.5 Å². The molecule has 6 fully saturated rings. The number of fused-ring (bicyclic) bond motifs is 2. The van der Waals surface area contributed by atoms with E-state index in [1.165, 1.54) is 0 Å². The molecule has 3 aliphatic heterocycles. The molecule has 0 radical (unpaired) electrons. The summed E-state index contributed by atoms with van der Waals surface area (Å²) in [6.45, 7) is 4.08. The molecular formula is C55H64F8N12O8. The van der Waals surface area contributed by atoms with E-state index in [4.69, 9.17) is 9.47 Å². The number of nitrogens with zero attached hydrogens (tertiary/aromatic N) is 7. The Morgan fingerprint density at radius 3 is 1.93 bits per heavy atom. The fourth-order valence-corrected chi connectivity index (χ4v) is 11.2. The number of halogens is 8. The van der Waals surface area contributed by atoms with Crippen molar-refractivity contribution in [2.45, 2.75) is 133 Å². The highest BCUT2D eigenvalue weighted by molar-refractivity contribution is 5.87. The van der Waals surface area contributed by atoms with Crippen LogP contribution in [0.3, 0.4) is 0 Å². The van der Waals surface area contributed by atoms with Gasteiger partial charge in [0, 0.05) is 67.2 Å². The fraction of sp³-hybridized carbons (Fsp3) is 0.564. The maximum atomic E-state index is 15.4. The smallest absolute Gasteiger partial charge is 0.407 e. The monoisotopic (exact) mass is 1170 g/mol. The van der Waals surface area contributed by atoms with Crippen LogP contribution in [0.15, 0.2) is 55.0 Å². The number of methoxy groups -OCH3 is 1. The lowest BCUT2D eigenvalue weighted by atomic mass is 9.50. The van der Waals surface area contributed by atoms with Crippen LogP contribution in [0, 0.1) is 40.2 Å². The van der Waals surface area contributed by atoms with E-state index in [0.29, 0.717) is 74.4 Å². The van der Waals surface area contributed by atoms with E-state index in [2.05, 4.69) is 57.4 Å². The van der Waals surface area contributed by atoms with Crippen LogP contribution in [0.25, 0.3) is 11.3 Å². The average molecular weight is 1170 g/mol. The first-order chi connectivity index (χ1) is 39.2. The second-order valence-corrected chi connectivity index (χ2v) is 23.0. The molecule has 28 heteroatoms. The SMILES string of the molecule is COC(=O)N[C@H](C(=O)NNC[C@H](O)[C@H](Cc1ccc(C#Cc2cnc(N3CC4CCC(C3)N4C3COC3)nc2)cc1)NC(=O)[C@@H](NC(=O)OCCc1c(F)cc(-c2cn(C34CC(C3)C4)nn2)cc1F)C(C)(C)C(F)(F)F)C(C)(C)C(F)(F)F. The molecule has 4 bridgehead atoms. The lowest BCUT2D eigenvalue weighted by Gasteiger charge is -2.61. The molecule has 2 unspecified atom stereocenters. The van der Waals surface area contributed by atoms with E-state index in [1.54, 1.807) is 47.5 Å². The number of hydrogen-bond donors (Lipinski definition) is 6. The number of nitrogens with one attached hydrogen (secondary N) is 5. The number of benzene rings is 2. The molecule has 6 aliphatic rings. The normalized spacial score (nSPS) is 22.0. The molecular weight excluding hydrogens is 1110 g/mol. The summed E-state index contributed by atoms with van der Waals surface area (Å²) in [6, 6.07) is 3.20. The molecule has 20 nitrogen and oxygen atoms in total. The third-order valence-electron chi connectivity index (χ3n) is 16.7. The third-order valence-corrected chi connectivity index (χ3v) is 16.7. The lowest BCUT2D eigenvalue weighted by Crippen LogP contribution is -2.63. The molecule has 5 heterocycles. The number of alkyl carbamates (subject to hydrolysis) is 2. The molecule has 6 N–H and O–H groups in total. The molecule has 3 saturated carbocycles. The summed E-state index contributed by atoms with van der Waals surface area (Å²) in [5.41, 5.74) is -0.642. The minimum absolute atomic E-state index is 0.0976. The van der Waals surface area contributed by atoms with Crippen molar-refractivity contribution in [2.75, 3.05) is 51.5 Å². The number of aliphatic hydroxyl groups is 1. The van der Waals surface area contributed by atoms with Gasteiger partial charge < -0.3 is 40.2 Å². The number of ether oxygens (including phenoxy) is 3. The van der Waals surface area contributed by atoms with Gasteiger partial charge in [0.15, 0.2) is 0 Å². The molecule has 4 aromatic rings. The van der Waals surface area contributed by atoms with E-state index in [-0.39, 0.29) is 23.2 Å². The quantitative estimate of drug-likeness (QED) is 0.0378. The van der Waals surface area contributed by atoms with Crippen molar-refractivity contribution in [1.82, 2.24) is 56.7 Å². The van der Waals surface area contributed by atoms with Crippen LogP contribution in [0.5, 0.6) is 0 Å². The van der Waals surface area contributed by atoms with Crippen LogP contribution in [-0.4, -0.2) is 160 Å². The molecule has 2 aromatic carbocycles. The molecule has 448 valence electrons. The Hall–Kier alpha value is -7.22. The number of piperazine rings is 1. The van der Waals surface area contributed by atoms with Gasteiger partial charge in [0.2, 0.25) is 11.9 Å². The highest BCUT2D eigenvalue weighted by Gasteiger charge is 2.59. The van der Waals surface area contributed by atoms with Crippen molar-refractivity contribution >= 4 is 29.9 Å². The zero-order chi connectivity index (χ0) is 59.8. The predicted octanol–water partition coefficient (Wildman–Crippen LogP) is 5.22. The van der Waals surface area contributed by atoms with Crippen LogP contribution in [0.1, 0.15) is 82.1 Å².